The van der Waals surface area contributed by atoms with Crippen LogP contribution >= 0.6 is 11.3 Å². The third kappa shape index (κ3) is 3.26. The number of rotatable bonds is 4. The molecular formula is C22H22N4S+2. The Hall–Kier alpha value is -2.92. The summed E-state index contributed by atoms with van der Waals surface area (Å²) < 4.78 is 0. The van der Waals surface area contributed by atoms with Gasteiger partial charge in [-0.3, -0.25) is 20.6 Å². The summed E-state index contributed by atoms with van der Waals surface area (Å²) in [5, 5.41) is 6.76. The van der Waals surface area contributed by atoms with E-state index in [1.165, 1.54) is 32.0 Å². The smallest absolute Gasteiger partial charge is 0.270 e. The summed E-state index contributed by atoms with van der Waals surface area (Å²) in [7, 11) is 0. The molecule has 0 aliphatic carbocycles. The van der Waals surface area contributed by atoms with Crippen molar-refractivity contribution in [1.29, 1.82) is 0 Å². The quantitative estimate of drug-likeness (QED) is 0.517. The highest BCUT2D eigenvalue weighted by Crippen LogP contribution is 2.34. The highest BCUT2D eigenvalue weighted by molar-refractivity contribution is 7.18. The lowest BCUT2D eigenvalue weighted by Gasteiger charge is -2.01. The van der Waals surface area contributed by atoms with Gasteiger partial charge >= 0.3 is 0 Å². The zero-order valence-corrected chi connectivity index (χ0v) is 15.8. The first kappa shape index (κ1) is 16.3. The molecule has 0 unspecified atom stereocenters. The first-order chi connectivity index (χ1) is 13.4. The molecule has 3 aromatic rings. The molecule has 0 radical (unpaired) electrons. The number of thiophene rings is 1. The van der Waals surface area contributed by atoms with E-state index in [2.05, 4.69) is 81.3 Å². The van der Waals surface area contributed by atoms with Gasteiger partial charge in [0.25, 0.3) is 11.7 Å². The molecule has 4 N–H and O–H groups in total. The third-order valence-corrected chi connectivity index (χ3v) is 6.16. The molecule has 3 heterocycles. The van der Waals surface area contributed by atoms with Gasteiger partial charge in [0.05, 0.1) is 11.1 Å². The summed E-state index contributed by atoms with van der Waals surface area (Å²) in [6.07, 6.45) is 0. The maximum Gasteiger partial charge on any atom is 0.275 e. The highest BCUT2D eigenvalue weighted by atomic mass is 32.1. The lowest BCUT2D eigenvalue weighted by Crippen LogP contribution is -2.70. The Labute approximate surface area is 162 Å². The van der Waals surface area contributed by atoms with Crippen molar-refractivity contribution < 1.29 is 9.98 Å². The summed E-state index contributed by atoms with van der Waals surface area (Å²) in [6.45, 7) is 3.98. The number of amidine groups is 2. The van der Waals surface area contributed by atoms with Crippen molar-refractivity contribution >= 4 is 23.0 Å². The van der Waals surface area contributed by atoms with Crippen LogP contribution in [0.1, 0.15) is 11.1 Å². The van der Waals surface area contributed by atoms with Crippen LogP contribution in [0.2, 0.25) is 0 Å². The summed E-state index contributed by atoms with van der Waals surface area (Å²) >= 11 is 1.84. The maximum atomic E-state index is 3.38. The normalized spacial score (nSPS) is 15.9. The summed E-state index contributed by atoms with van der Waals surface area (Å²) in [5.74, 6) is 2.27. The van der Waals surface area contributed by atoms with Gasteiger partial charge in [0.15, 0.2) is 0 Å². The molecule has 0 saturated carbocycles. The molecule has 0 amide bonds. The van der Waals surface area contributed by atoms with E-state index in [1.807, 2.05) is 11.3 Å². The Morgan fingerprint density at radius 3 is 1.33 bits per heavy atom. The second-order valence-electron chi connectivity index (χ2n) is 6.78. The van der Waals surface area contributed by atoms with Crippen molar-refractivity contribution in [2.75, 3.05) is 26.2 Å². The standard InChI is InChI=1S/C22H20N4S/c1-5-17(21-23-11-12-24-21)6-2-15(1)19-9-10-20(27-19)16-3-7-18(8-4-16)22-25-13-14-26-22/h1-10H,11-14H2,(H,23,24)(H,25,26)/p+2. The van der Waals surface area contributed by atoms with Gasteiger partial charge < -0.3 is 0 Å². The van der Waals surface area contributed by atoms with Crippen LogP contribution in [0, 0.1) is 0 Å². The second kappa shape index (κ2) is 7.00. The molecule has 0 bridgehead atoms. The van der Waals surface area contributed by atoms with Gasteiger partial charge in [-0.25, -0.2) is 0 Å². The van der Waals surface area contributed by atoms with E-state index in [4.69, 9.17) is 0 Å². The van der Waals surface area contributed by atoms with Crippen LogP contribution in [-0.4, -0.2) is 37.9 Å². The van der Waals surface area contributed by atoms with Gasteiger partial charge in [0.1, 0.15) is 26.2 Å². The van der Waals surface area contributed by atoms with Gasteiger partial charge in [-0.1, -0.05) is 24.3 Å². The van der Waals surface area contributed by atoms with Crippen molar-refractivity contribution in [2.24, 2.45) is 0 Å². The number of benzene rings is 2. The SMILES string of the molecule is c1cc(-c2ccc(-c3ccc(C4=[NH+]CCN4)cc3)s2)ccc1C1=[NH+]CCN1. The van der Waals surface area contributed by atoms with Crippen LogP contribution in [-0.2, 0) is 0 Å². The first-order valence-corrected chi connectivity index (χ1v) is 10.2. The molecular weight excluding hydrogens is 352 g/mol. The van der Waals surface area contributed by atoms with Crippen LogP contribution in [0.3, 0.4) is 0 Å². The Bertz CT molecular complexity index is 931. The highest BCUT2D eigenvalue weighted by Gasteiger charge is 2.16. The Morgan fingerprint density at radius 1 is 0.556 bits per heavy atom. The minimum Gasteiger partial charge on any atom is -0.270 e. The average molecular weight is 375 g/mol. The third-order valence-electron chi connectivity index (χ3n) is 4.98. The Kier molecular flexibility index (Phi) is 4.22. The van der Waals surface area contributed by atoms with Crippen LogP contribution < -0.4 is 20.6 Å². The Balaban J connectivity index is 1.36. The summed E-state index contributed by atoms with van der Waals surface area (Å²) in [6, 6.07) is 22.0. The van der Waals surface area contributed by atoms with E-state index in [9.17, 15) is 0 Å². The second-order valence-corrected chi connectivity index (χ2v) is 7.86. The van der Waals surface area contributed by atoms with E-state index in [-0.39, 0.29) is 0 Å². The van der Waals surface area contributed by atoms with Crippen molar-refractivity contribution in [1.82, 2.24) is 10.6 Å². The van der Waals surface area contributed by atoms with Gasteiger partial charge in [-0.2, -0.15) is 0 Å². The molecule has 5 rings (SSSR count). The molecule has 1 aromatic heterocycles. The summed E-state index contributed by atoms with van der Waals surface area (Å²) in [5.41, 5.74) is 4.96. The largest absolute Gasteiger partial charge is 0.275 e. The zero-order valence-electron chi connectivity index (χ0n) is 15.0. The molecule has 0 atom stereocenters. The van der Waals surface area contributed by atoms with Gasteiger partial charge in [0.2, 0.25) is 0 Å². The molecule has 2 aliphatic rings. The fourth-order valence-electron chi connectivity index (χ4n) is 3.53. The maximum absolute atomic E-state index is 3.38. The minimum atomic E-state index is 0.996. The minimum absolute atomic E-state index is 0.996. The first-order valence-electron chi connectivity index (χ1n) is 9.38. The zero-order chi connectivity index (χ0) is 18.1. The molecule has 2 aromatic carbocycles. The Morgan fingerprint density at radius 2 is 0.963 bits per heavy atom. The van der Waals surface area contributed by atoms with E-state index in [0.29, 0.717) is 0 Å². The lowest BCUT2D eigenvalue weighted by atomic mass is 10.1. The van der Waals surface area contributed by atoms with E-state index in [1.54, 1.807) is 0 Å². The van der Waals surface area contributed by atoms with E-state index in [0.717, 1.165) is 37.9 Å². The van der Waals surface area contributed by atoms with Gasteiger partial charge in [-0.05, 0) is 47.5 Å². The van der Waals surface area contributed by atoms with Crippen molar-refractivity contribution in [3.8, 4) is 20.9 Å². The van der Waals surface area contributed by atoms with Crippen LogP contribution in [0.15, 0.2) is 60.7 Å². The lowest BCUT2D eigenvalue weighted by molar-refractivity contribution is -0.444. The predicted octanol–water partition coefficient (Wildman–Crippen LogP) is -0.0571. The van der Waals surface area contributed by atoms with Crippen LogP contribution in [0.5, 0.6) is 0 Å². The van der Waals surface area contributed by atoms with E-state index >= 15 is 0 Å². The number of hydrogen-bond acceptors (Lipinski definition) is 3. The predicted molar refractivity (Wildman–Crippen MR) is 111 cm³/mol. The monoisotopic (exact) mass is 374 g/mol. The number of hydrogen-bond donors (Lipinski definition) is 4. The van der Waals surface area contributed by atoms with Crippen molar-refractivity contribution in [3.05, 3.63) is 71.8 Å². The molecule has 0 fully saturated rings. The molecule has 0 spiro atoms. The molecule has 0 saturated heterocycles. The topological polar surface area (TPSA) is 52.0 Å². The number of nitrogens with one attached hydrogen (secondary N) is 4. The fraction of sp³-hybridized carbons (Fsp3) is 0.182. The summed E-state index contributed by atoms with van der Waals surface area (Å²) in [4.78, 5) is 9.36. The van der Waals surface area contributed by atoms with Crippen molar-refractivity contribution in [3.63, 3.8) is 0 Å². The fourth-order valence-corrected chi connectivity index (χ4v) is 4.55. The van der Waals surface area contributed by atoms with Gasteiger partial charge in [-0.15, -0.1) is 11.3 Å². The average Bonchev–Trinajstić information content (AvgIpc) is 3.51. The van der Waals surface area contributed by atoms with Crippen LogP contribution in [0.25, 0.3) is 20.9 Å². The van der Waals surface area contributed by atoms with Crippen LogP contribution in [0.4, 0.5) is 0 Å². The molecule has 27 heavy (non-hydrogen) atoms. The molecule has 5 heteroatoms. The van der Waals surface area contributed by atoms with E-state index < -0.39 is 0 Å². The molecule has 4 nitrogen and oxygen atoms in total. The molecule has 134 valence electrons. The van der Waals surface area contributed by atoms with Gasteiger partial charge in [0, 0.05) is 9.75 Å². The molecule has 2 aliphatic heterocycles. The van der Waals surface area contributed by atoms with Crippen molar-refractivity contribution in [2.45, 2.75) is 0 Å².